The van der Waals surface area contributed by atoms with Crippen molar-refractivity contribution in [2.24, 2.45) is 0 Å². The van der Waals surface area contributed by atoms with E-state index in [1.807, 2.05) is 0 Å². The van der Waals surface area contributed by atoms with Gasteiger partial charge in [0.25, 0.3) is 0 Å². The zero-order chi connectivity index (χ0) is 4.50. The van der Waals surface area contributed by atoms with Gasteiger partial charge in [-0.25, -0.2) is 0 Å². The molecule has 0 N–H and O–H groups in total. The third-order valence-electron chi connectivity index (χ3n) is 0. The Morgan fingerprint density at radius 3 is 0.875 bits per heavy atom. The predicted octanol–water partition coefficient (Wildman–Crippen LogP) is -1.48. The summed E-state index contributed by atoms with van der Waals surface area (Å²) in [7, 11) is 8.50. The summed E-state index contributed by atoms with van der Waals surface area (Å²) in [6.07, 6.45) is 0. The van der Waals surface area contributed by atoms with Crippen molar-refractivity contribution in [2.45, 2.75) is 0 Å². The lowest BCUT2D eigenvalue weighted by atomic mass is 10.8. The number of hydrogen-bond donors (Lipinski definition) is 0. The van der Waals surface area contributed by atoms with Crippen LogP contribution in [0.2, 0.25) is 0 Å². The average molecular weight is 410 g/mol. The van der Waals surface area contributed by atoms with Crippen LogP contribution in [0, 0.1) is 0 Å². The van der Waals surface area contributed by atoms with Crippen LogP contribution >= 0.6 is 41.0 Å². The fraction of sp³-hybridized carbons (Fsp3) is 1.00. The summed E-state index contributed by atoms with van der Waals surface area (Å²) in [6, 6.07) is 0. The molecular weight excluding hydrogens is 396 g/mol. The van der Waals surface area contributed by atoms with E-state index in [9.17, 15) is 0 Å². The first-order valence-electron chi connectivity index (χ1n) is 1.79. The van der Waals surface area contributed by atoms with Gasteiger partial charge in [-0.05, 0) is 0 Å². The molecule has 4 heteroatoms. The molecule has 0 amide bonds. The molecule has 0 atom stereocenters. The van der Waals surface area contributed by atoms with Crippen LogP contribution in [-0.4, -0.2) is 32.7 Å². The van der Waals surface area contributed by atoms with Crippen LogP contribution in [0.1, 0.15) is 0 Å². The third-order valence-corrected chi connectivity index (χ3v) is 0. The first-order valence-corrected chi connectivity index (χ1v) is 1.79. The van der Waals surface area contributed by atoms with Gasteiger partial charge < -0.3 is 28.5 Å². The highest BCUT2D eigenvalue weighted by molar-refractivity contribution is 14.0. The smallest absolute Gasteiger partial charge is 0.0675 e. The van der Waals surface area contributed by atoms with Crippen LogP contribution in [0.3, 0.4) is 0 Å². The molecule has 0 spiro atoms. The van der Waals surface area contributed by atoms with Crippen molar-refractivity contribution in [3.63, 3.8) is 0 Å². The molecule has 0 radical (unpaired) electrons. The van der Waals surface area contributed by atoms with E-state index in [2.05, 4.69) is 28.2 Å². The van der Waals surface area contributed by atoms with Crippen molar-refractivity contribution < 1.29 is 28.5 Å². The topological polar surface area (TPSA) is 0 Å². The van der Waals surface area contributed by atoms with Crippen molar-refractivity contribution in [3.05, 3.63) is 0 Å². The minimum Gasteiger partial charge on any atom is -1.00 e. The highest BCUT2D eigenvalue weighted by Gasteiger charge is 1.88. The molecule has 0 aliphatic rings. The van der Waals surface area contributed by atoms with Crippen LogP contribution in [0.15, 0.2) is 0 Å². The molecule has 56 valence electrons. The second kappa shape index (κ2) is 8.90. The van der Waals surface area contributed by atoms with Gasteiger partial charge in [0.1, 0.15) is 0 Å². The molecule has 0 aromatic rings. The fourth-order valence-electron chi connectivity index (χ4n) is 0. The molecule has 0 aromatic heterocycles. The van der Waals surface area contributed by atoms with Gasteiger partial charge in [0.2, 0.25) is 0 Å². The Balaban J connectivity index is -0.0000000267. The molecule has 0 bridgehead atoms. The maximum Gasteiger partial charge on any atom is 0.0675 e. The molecule has 0 saturated heterocycles. The maximum atomic E-state index is 2.12. The Bertz CT molecular complexity index is 29.5. The van der Waals surface area contributed by atoms with E-state index < -0.39 is 0 Å². The molecule has 1 nitrogen and oxygen atoms in total. The Morgan fingerprint density at radius 2 is 0.875 bits per heavy atom. The Hall–Kier alpha value is 1.90. The number of nitrogens with zero attached hydrogens (tertiary/aromatic N) is 1. The van der Waals surface area contributed by atoms with E-state index in [0.717, 1.165) is 4.48 Å². The van der Waals surface area contributed by atoms with E-state index in [1.54, 1.807) is 0 Å². The van der Waals surface area contributed by atoms with Crippen molar-refractivity contribution in [1.29, 1.82) is 0 Å². The van der Waals surface area contributed by atoms with Gasteiger partial charge in [-0.15, -0.1) is 41.0 Å². The first-order chi connectivity index (χ1) is 2.00. The average Bonchev–Trinajstić information content (AvgIpc) is 0.722. The lowest BCUT2D eigenvalue weighted by Crippen LogP contribution is -3.00. The van der Waals surface area contributed by atoms with Crippen LogP contribution in [0.25, 0.3) is 0 Å². The molecule has 8 heavy (non-hydrogen) atoms. The van der Waals surface area contributed by atoms with E-state index >= 15 is 0 Å². The third kappa shape index (κ3) is 104. The van der Waals surface area contributed by atoms with Crippen LogP contribution in [0.4, 0.5) is 0 Å². The quantitative estimate of drug-likeness (QED) is 0.338. The zero-order valence-electron chi connectivity index (χ0n) is 5.64. The molecule has 0 rings (SSSR count). The van der Waals surface area contributed by atoms with Crippen LogP contribution < -0.4 is 24.0 Å². The molecule has 0 aliphatic heterocycles. The Kier molecular flexibility index (Phi) is 25.1. The van der Waals surface area contributed by atoms with E-state index in [0.29, 0.717) is 0 Å². The van der Waals surface area contributed by atoms with Gasteiger partial charge in [0.15, 0.2) is 0 Å². The van der Waals surface area contributed by atoms with Gasteiger partial charge in [0.05, 0.1) is 28.2 Å². The Morgan fingerprint density at radius 1 is 0.875 bits per heavy atom. The summed E-state index contributed by atoms with van der Waals surface area (Å²) < 4.78 is 1.00. The minimum atomic E-state index is 0. The summed E-state index contributed by atoms with van der Waals surface area (Å²) in [4.78, 5) is 0. The van der Waals surface area contributed by atoms with Gasteiger partial charge in [-0.3, -0.25) is 0 Å². The second-order valence-corrected chi connectivity index (χ2v) is 2.68. The summed E-state index contributed by atoms with van der Waals surface area (Å²) >= 11 is 0. The molecule has 0 unspecified atom stereocenters. The van der Waals surface area contributed by atoms with Gasteiger partial charge in [0, 0.05) is 0 Å². The lowest BCUT2D eigenvalue weighted by Gasteiger charge is -2.14. The SMILES string of the molecule is Br.C[N+](C)(C)C.I.[I-]. The monoisotopic (exact) mass is 409 g/mol. The van der Waals surface area contributed by atoms with Gasteiger partial charge >= 0.3 is 0 Å². The summed E-state index contributed by atoms with van der Waals surface area (Å²) in [6.45, 7) is 0. The Labute approximate surface area is 96.6 Å². The first kappa shape index (κ1) is 22.5. The highest BCUT2D eigenvalue weighted by Crippen LogP contribution is 1.73. The summed E-state index contributed by atoms with van der Waals surface area (Å²) in [5, 5.41) is 0. The number of quaternary nitrogens is 1. The van der Waals surface area contributed by atoms with Crippen LogP contribution in [0.5, 0.6) is 0 Å². The standard InChI is InChI=1S/C4H12N.BrH.2HI/c1-5(2,3)4;;;/h1-4H3;3*1H/q+1;;;/p-1. The predicted molar refractivity (Wildman–Crippen MR) is 49.7 cm³/mol. The van der Waals surface area contributed by atoms with E-state index in [-0.39, 0.29) is 64.9 Å². The van der Waals surface area contributed by atoms with E-state index in [1.165, 1.54) is 0 Å². The summed E-state index contributed by atoms with van der Waals surface area (Å²) in [5.74, 6) is 0. The van der Waals surface area contributed by atoms with Gasteiger partial charge in [-0.2, -0.15) is 0 Å². The van der Waals surface area contributed by atoms with Crippen molar-refractivity contribution in [2.75, 3.05) is 28.2 Å². The molecule has 0 fully saturated rings. The largest absolute Gasteiger partial charge is 1.00 e. The minimum absolute atomic E-state index is 0. The zero-order valence-corrected chi connectivity index (χ0v) is 11.8. The van der Waals surface area contributed by atoms with Crippen molar-refractivity contribution >= 4 is 41.0 Å². The number of rotatable bonds is 0. The maximum absolute atomic E-state index is 2.12. The molecule has 0 aromatic carbocycles. The summed E-state index contributed by atoms with van der Waals surface area (Å²) in [5.41, 5.74) is 0. The number of halogens is 3. The van der Waals surface area contributed by atoms with Crippen LogP contribution in [-0.2, 0) is 0 Å². The van der Waals surface area contributed by atoms with Crippen molar-refractivity contribution in [3.8, 4) is 0 Å². The van der Waals surface area contributed by atoms with Crippen molar-refractivity contribution in [1.82, 2.24) is 0 Å². The van der Waals surface area contributed by atoms with E-state index in [4.69, 9.17) is 0 Å². The lowest BCUT2D eigenvalue weighted by molar-refractivity contribution is -0.849. The molecular formula is C4H14BrI2N. The normalized spacial score (nSPS) is 7.50. The number of hydrogen-bond acceptors (Lipinski definition) is 0. The van der Waals surface area contributed by atoms with Gasteiger partial charge in [-0.1, -0.05) is 0 Å². The molecule has 0 aliphatic carbocycles. The fourth-order valence-corrected chi connectivity index (χ4v) is 0. The molecule has 0 heterocycles. The highest BCUT2D eigenvalue weighted by atomic mass is 127. The molecule has 0 saturated carbocycles. The second-order valence-electron chi connectivity index (χ2n) is 2.68.